The third-order valence-corrected chi connectivity index (χ3v) is 6.66. The molecule has 1 aromatic carbocycles. The van der Waals surface area contributed by atoms with Crippen molar-refractivity contribution in [3.05, 3.63) is 95.6 Å². The number of pyridine rings is 2. The van der Waals surface area contributed by atoms with Gasteiger partial charge in [-0.25, -0.2) is 0 Å². The van der Waals surface area contributed by atoms with E-state index >= 15 is 0 Å². The molecule has 0 radical (unpaired) electrons. The van der Waals surface area contributed by atoms with Crippen LogP contribution in [0.5, 0.6) is 0 Å². The average Bonchev–Trinajstić information content (AvgIpc) is 2.84. The molecule has 3 rings (SSSR count). The van der Waals surface area contributed by atoms with E-state index in [2.05, 4.69) is 88.8 Å². The minimum absolute atomic E-state index is 0. The van der Waals surface area contributed by atoms with Crippen LogP contribution in [-0.4, -0.2) is 45.8 Å². The van der Waals surface area contributed by atoms with Crippen LogP contribution in [-0.2, 0) is 13.1 Å². The van der Waals surface area contributed by atoms with Crippen LogP contribution in [0.3, 0.4) is 0 Å². The summed E-state index contributed by atoms with van der Waals surface area (Å²) in [6.07, 6.45) is 7.86. The molecule has 3 aromatic rings. The number of hydrogen-bond donors (Lipinski definition) is 0. The Morgan fingerprint density at radius 2 is 0.875 bits per heavy atom. The van der Waals surface area contributed by atoms with Gasteiger partial charge in [-0.1, -0.05) is 24.3 Å². The summed E-state index contributed by atoms with van der Waals surface area (Å²) in [5.74, 6) is 0.115. The summed E-state index contributed by atoms with van der Waals surface area (Å²) < 4.78 is 4.11. The summed E-state index contributed by atoms with van der Waals surface area (Å²) in [4.78, 5) is 30.0. The van der Waals surface area contributed by atoms with Crippen molar-refractivity contribution in [1.29, 1.82) is 0 Å². The topological polar surface area (TPSA) is 48.4 Å². The number of benzene rings is 1. The third kappa shape index (κ3) is 9.23. The summed E-state index contributed by atoms with van der Waals surface area (Å²) in [5.41, 5.74) is 3.72. The van der Waals surface area contributed by atoms with Gasteiger partial charge in [0, 0.05) is 47.4 Å². The number of aromatic nitrogens is 2. The van der Waals surface area contributed by atoms with Gasteiger partial charge < -0.3 is 43.8 Å². The first kappa shape index (κ1) is 35.4. The van der Waals surface area contributed by atoms with Crippen LogP contribution in [0.1, 0.15) is 87.2 Å². The first-order valence-corrected chi connectivity index (χ1v) is 13.7. The van der Waals surface area contributed by atoms with Crippen molar-refractivity contribution in [3.63, 3.8) is 0 Å². The second-order valence-corrected chi connectivity index (χ2v) is 11.1. The molecule has 0 saturated carbocycles. The molecule has 0 aliphatic heterocycles. The molecule has 0 aliphatic carbocycles. The maximum Gasteiger partial charge on any atom is 0.260 e. The first-order valence-electron chi connectivity index (χ1n) is 13.7. The smallest absolute Gasteiger partial charge is 0.260 e. The highest BCUT2D eigenvalue weighted by Crippen LogP contribution is 2.13. The Kier molecular flexibility index (Phi) is 14.2. The second-order valence-electron chi connectivity index (χ2n) is 11.1. The van der Waals surface area contributed by atoms with Crippen LogP contribution in [0.25, 0.3) is 0 Å². The van der Waals surface area contributed by atoms with Crippen LogP contribution < -0.4 is 43.1 Å². The summed E-state index contributed by atoms with van der Waals surface area (Å²) in [6, 6.07) is 16.7. The van der Waals surface area contributed by atoms with Crippen molar-refractivity contribution >= 4 is 11.8 Å². The molecule has 0 N–H and O–H groups in total. The molecular formula is C32H44Br2N4O2. The van der Waals surface area contributed by atoms with Crippen LogP contribution in [0.2, 0.25) is 0 Å². The largest absolute Gasteiger partial charge is 1.00 e. The fourth-order valence-corrected chi connectivity index (χ4v) is 5.09. The number of amides is 2. The van der Waals surface area contributed by atoms with E-state index in [-0.39, 0.29) is 69.9 Å². The lowest BCUT2D eigenvalue weighted by Crippen LogP contribution is -3.00. The molecule has 0 unspecified atom stereocenters. The molecule has 8 heteroatoms. The lowest BCUT2D eigenvalue weighted by atomic mass is 10.1. The molecule has 2 heterocycles. The van der Waals surface area contributed by atoms with Gasteiger partial charge in [0.15, 0.2) is 37.9 Å². The van der Waals surface area contributed by atoms with Gasteiger partial charge in [0.25, 0.3) is 11.8 Å². The molecule has 0 spiro atoms. The van der Waals surface area contributed by atoms with Crippen LogP contribution in [0, 0.1) is 0 Å². The van der Waals surface area contributed by atoms with Crippen molar-refractivity contribution < 1.29 is 52.7 Å². The van der Waals surface area contributed by atoms with E-state index in [9.17, 15) is 9.59 Å². The van der Waals surface area contributed by atoms with Gasteiger partial charge in [-0.2, -0.15) is 9.13 Å². The van der Waals surface area contributed by atoms with Crippen LogP contribution >= 0.6 is 0 Å². The zero-order valence-corrected chi connectivity index (χ0v) is 28.2. The van der Waals surface area contributed by atoms with E-state index in [1.165, 1.54) is 0 Å². The minimum atomic E-state index is 0. The maximum absolute atomic E-state index is 13.1. The monoisotopic (exact) mass is 674 g/mol. The number of nitrogens with zero attached hydrogens (tertiary/aromatic N) is 4. The Balaban J connectivity index is 0.00000400. The van der Waals surface area contributed by atoms with Crippen molar-refractivity contribution in [2.24, 2.45) is 0 Å². The highest BCUT2D eigenvalue weighted by molar-refractivity contribution is 5.94. The molecule has 0 saturated heterocycles. The number of hydrogen-bond acceptors (Lipinski definition) is 2. The Morgan fingerprint density at radius 1 is 0.575 bits per heavy atom. The zero-order chi connectivity index (χ0) is 28.0. The zero-order valence-electron chi connectivity index (χ0n) is 25.0. The van der Waals surface area contributed by atoms with Gasteiger partial charge in [-0.3, -0.25) is 9.59 Å². The quantitative estimate of drug-likeness (QED) is 0.256. The SMILES string of the molecule is CC(C)N(C(=O)c1ccc[n+](Cc2ccc(C[n+]3cccc(C(=O)N(C(C)C)C(C)C)c3)cc2)c1)C(C)C.[Br-].[Br-]. The van der Waals surface area contributed by atoms with E-state index in [0.29, 0.717) is 24.2 Å². The van der Waals surface area contributed by atoms with Crippen molar-refractivity contribution in [1.82, 2.24) is 9.80 Å². The van der Waals surface area contributed by atoms with Crippen LogP contribution in [0.4, 0.5) is 0 Å². The molecule has 0 bridgehead atoms. The van der Waals surface area contributed by atoms with Crippen LogP contribution in [0.15, 0.2) is 73.3 Å². The van der Waals surface area contributed by atoms with E-state index in [1.807, 2.05) is 58.9 Å². The minimum Gasteiger partial charge on any atom is -1.00 e. The van der Waals surface area contributed by atoms with Gasteiger partial charge in [-0.15, -0.1) is 0 Å². The molecule has 0 aliphatic rings. The number of carbonyl (C=O) groups is 2. The maximum atomic E-state index is 13.1. The van der Waals surface area contributed by atoms with Gasteiger partial charge in [0.2, 0.25) is 0 Å². The molecule has 2 aromatic heterocycles. The van der Waals surface area contributed by atoms with Crippen molar-refractivity contribution in [2.75, 3.05) is 0 Å². The van der Waals surface area contributed by atoms with Crippen molar-refractivity contribution in [2.45, 2.75) is 92.6 Å². The van der Waals surface area contributed by atoms with Gasteiger partial charge in [-0.05, 0) is 67.5 Å². The molecule has 0 fully saturated rings. The third-order valence-electron chi connectivity index (χ3n) is 6.66. The predicted molar refractivity (Wildman–Crippen MR) is 151 cm³/mol. The Bertz CT molecular complexity index is 1130. The Morgan fingerprint density at radius 3 is 1.15 bits per heavy atom. The van der Waals surface area contributed by atoms with E-state index in [0.717, 1.165) is 11.1 Å². The Hall–Kier alpha value is -2.58. The van der Waals surface area contributed by atoms with Gasteiger partial charge >= 0.3 is 0 Å². The summed E-state index contributed by atoms with van der Waals surface area (Å²) in [5, 5.41) is 0. The van der Waals surface area contributed by atoms with E-state index < -0.39 is 0 Å². The fraction of sp³-hybridized carbons (Fsp3) is 0.438. The summed E-state index contributed by atoms with van der Waals surface area (Å²) in [7, 11) is 0. The molecule has 40 heavy (non-hydrogen) atoms. The molecule has 218 valence electrons. The highest BCUT2D eigenvalue weighted by Gasteiger charge is 2.24. The fourth-order valence-electron chi connectivity index (χ4n) is 5.09. The number of rotatable bonds is 10. The lowest BCUT2D eigenvalue weighted by Gasteiger charge is -2.30. The molecule has 6 nitrogen and oxygen atoms in total. The standard InChI is InChI=1S/C32H44N4O2.2BrH/c1-23(2)35(24(3)4)31(37)29-11-9-17-33(21-29)19-27-13-15-28(16-14-27)20-34-18-10-12-30(22-34)32(38)36(25(5)6)26(7)8;;/h9-18,21-26H,19-20H2,1-8H3;2*1H/q+2;;/p-2. The Labute approximate surface area is 261 Å². The second kappa shape index (κ2) is 16.0. The molecule has 0 atom stereocenters. The highest BCUT2D eigenvalue weighted by atomic mass is 79.9. The van der Waals surface area contributed by atoms with Gasteiger partial charge in [0.1, 0.15) is 11.1 Å². The molecular weight excluding hydrogens is 632 g/mol. The van der Waals surface area contributed by atoms with Crippen molar-refractivity contribution in [3.8, 4) is 0 Å². The number of carbonyl (C=O) groups excluding carboxylic acids is 2. The van der Waals surface area contributed by atoms with Gasteiger partial charge in [0.05, 0.1) is 0 Å². The molecule has 2 amide bonds. The normalized spacial score (nSPS) is 10.9. The van der Waals surface area contributed by atoms with E-state index in [4.69, 9.17) is 0 Å². The predicted octanol–water partition coefficient (Wildman–Crippen LogP) is -1.12. The summed E-state index contributed by atoms with van der Waals surface area (Å²) >= 11 is 0. The summed E-state index contributed by atoms with van der Waals surface area (Å²) in [6.45, 7) is 17.8. The number of halogens is 2. The average molecular weight is 677 g/mol. The lowest BCUT2D eigenvalue weighted by molar-refractivity contribution is -0.689. The van der Waals surface area contributed by atoms with E-state index in [1.54, 1.807) is 0 Å². The first-order chi connectivity index (χ1) is 18.0.